The van der Waals surface area contributed by atoms with Gasteiger partial charge in [0.1, 0.15) is 57.1 Å². The van der Waals surface area contributed by atoms with Gasteiger partial charge in [-0.15, -0.1) is 0 Å². The SMILES string of the molecule is C.C.C.C.C.C.C.C.C=CC(=O)OCOc1ccc(C=CC(=O)Oc2ccc(OC(=O)C=Cc3ccc(OCOC(=O)C=C)cc3)c(C(F)(F)F)c2C)cc1.C=CC(=O)OCOc1ccc(C=CC(=O)Oc2ccc(OC(=O)C=Cc3ccc(OCOC(=O)C=C)cc3)c(C(F)(F)F)c2C)cc1. The molecule has 0 saturated carbocycles. The Morgan fingerprint density at radius 3 is 0.676 bits per heavy atom. The van der Waals surface area contributed by atoms with Crippen molar-refractivity contribution in [3.8, 4) is 46.0 Å². The zero-order valence-electron chi connectivity index (χ0n) is 49.6. The minimum absolute atomic E-state index is 0. The van der Waals surface area contributed by atoms with Gasteiger partial charge in [0.05, 0.1) is 0 Å². The van der Waals surface area contributed by atoms with Crippen LogP contribution in [0.25, 0.3) is 24.3 Å². The number of benzene rings is 6. The molecule has 0 aliphatic heterocycles. The van der Waals surface area contributed by atoms with E-state index in [0.29, 0.717) is 45.3 Å². The molecular formula is C76H86F6O20. The van der Waals surface area contributed by atoms with Gasteiger partial charge in [0.25, 0.3) is 0 Å². The predicted octanol–water partition coefficient (Wildman–Crippen LogP) is 17.9. The van der Waals surface area contributed by atoms with E-state index in [1.54, 1.807) is 72.8 Å². The highest BCUT2D eigenvalue weighted by atomic mass is 19.4. The maximum atomic E-state index is 14.0. The lowest BCUT2D eigenvalue weighted by Crippen LogP contribution is -2.15. The van der Waals surface area contributed by atoms with Crippen molar-refractivity contribution < 1.29 is 122 Å². The minimum atomic E-state index is -4.95. The van der Waals surface area contributed by atoms with E-state index >= 15 is 0 Å². The highest BCUT2D eigenvalue weighted by molar-refractivity contribution is 5.92. The van der Waals surface area contributed by atoms with Gasteiger partial charge < -0.3 is 56.8 Å². The number of carbonyl (C=O) groups excluding carboxylic acids is 8. The van der Waals surface area contributed by atoms with Crippen molar-refractivity contribution in [3.05, 3.63) is 241 Å². The molecule has 0 aliphatic carbocycles. The second kappa shape index (κ2) is 47.7. The van der Waals surface area contributed by atoms with E-state index in [-0.39, 0.29) is 98.1 Å². The Labute approximate surface area is 590 Å². The molecule has 26 heteroatoms. The molecule has 20 nitrogen and oxygen atoms in total. The van der Waals surface area contributed by atoms with Crippen molar-refractivity contribution in [1.29, 1.82) is 0 Å². The summed E-state index contributed by atoms with van der Waals surface area (Å²) in [7, 11) is 0. The lowest BCUT2D eigenvalue weighted by molar-refractivity contribution is -0.145. The summed E-state index contributed by atoms with van der Waals surface area (Å²) in [6, 6.07) is 28.7. The first-order valence-electron chi connectivity index (χ1n) is 26.9. The summed E-state index contributed by atoms with van der Waals surface area (Å²) >= 11 is 0. The van der Waals surface area contributed by atoms with Gasteiger partial charge in [0, 0.05) is 59.7 Å². The molecule has 0 heterocycles. The fourth-order valence-corrected chi connectivity index (χ4v) is 7.22. The van der Waals surface area contributed by atoms with Gasteiger partial charge in [0.2, 0.25) is 27.2 Å². The Morgan fingerprint density at radius 2 is 0.490 bits per heavy atom. The van der Waals surface area contributed by atoms with Crippen LogP contribution in [0, 0.1) is 13.8 Å². The third-order valence-electron chi connectivity index (χ3n) is 11.7. The summed E-state index contributed by atoms with van der Waals surface area (Å²) in [5.74, 6) is -7.58. The summed E-state index contributed by atoms with van der Waals surface area (Å²) in [4.78, 5) is 93.7. The van der Waals surface area contributed by atoms with Crippen LogP contribution in [0.5, 0.6) is 46.0 Å². The van der Waals surface area contributed by atoms with Crippen molar-refractivity contribution >= 4 is 72.1 Å². The molecule has 0 fully saturated rings. The number of hydrogen-bond acceptors (Lipinski definition) is 20. The Morgan fingerprint density at radius 1 is 0.304 bits per heavy atom. The van der Waals surface area contributed by atoms with Gasteiger partial charge in [-0.3, -0.25) is 0 Å². The summed E-state index contributed by atoms with van der Waals surface area (Å²) in [5.41, 5.74) is -1.45. The van der Waals surface area contributed by atoms with Gasteiger partial charge in [-0.2, -0.15) is 26.3 Å². The first-order chi connectivity index (χ1) is 44.8. The average molecular weight is 1430 g/mol. The molecule has 102 heavy (non-hydrogen) atoms. The second-order valence-electron chi connectivity index (χ2n) is 18.1. The van der Waals surface area contributed by atoms with E-state index in [9.17, 15) is 64.7 Å². The Hall–Kier alpha value is -12.2. The van der Waals surface area contributed by atoms with Crippen molar-refractivity contribution in [2.24, 2.45) is 0 Å². The largest absolute Gasteiger partial charge is 0.457 e. The van der Waals surface area contributed by atoms with Crippen LogP contribution in [0.15, 0.2) is 196 Å². The van der Waals surface area contributed by atoms with Crippen LogP contribution in [-0.2, 0) is 69.7 Å². The van der Waals surface area contributed by atoms with E-state index in [2.05, 4.69) is 26.3 Å². The zero-order chi connectivity index (χ0) is 68.8. The Kier molecular flexibility index (Phi) is 45.0. The molecule has 6 aromatic carbocycles. The van der Waals surface area contributed by atoms with Crippen molar-refractivity contribution in [2.45, 2.75) is 85.6 Å². The standard InChI is InChI=1S/2C34H27F3O10.8CH4/c2*1-4-29(38)44-20-42-25-12-6-23(7-13-25)10-18-31(40)46-27-16-17-28(33(22(27)3)34(35,36)37)47-32(41)19-11-24-8-14-26(15-9-24)43-21-45-30(39)5-2;;;;;;;;/h2*4-19H,1-2,20-21H2,3H3;8*1H4. The predicted molar refractivity (Wildman–Crippen MR) is 378 cm³/mol. The molecule has 6 aromatic rings. The molecule has 0 radical (unpaired) electrons. The quantitative estimate of drug-likeness (QED) is 0.0111. The van der Waals surface area contributed by atoms with Crippen LogP contribution in [0.4, 0.5) is 26.3 Å². The topological polar surface area (TPSA) is 247 Å². The molecule has 0 atom stereocenters. The summed E-state index contributed by atoms with van der Waals surface area (Å²) in [6.45, 7) is 13.9. The third kappa shape index (κ3) is 32.9. The Balaban J connectivity index is -0.000000873. The minimum Gasteiger partial charge on any atom is -0.457 e. The molecule has 552 valence electrons. The van der Waals surface area contributed by atoms with E-state index in [0.717, 1.165) is 86.7 Å². The van der Waals surface area contributed by atoms with Crippen molar-refractivity contribution in [3.63, 3.8) is 0 Å². The summed E-state index contributed by atoms with van der Waals surface area (Å²) in [6.07, 6.45) is 3.30. The lowest BCUT2D eigenvalue weighted by atomic mass is 10.1. The van der Waals surface area contributed by atoms with Gasteiger partial charge in [-0.05, 0) is 133 Å². The molecule has 0 amide bonds. The molecule has 0 bridgehead atoms. The monoisotopic (exact) mass is 1430 g/mol. The number of halogens is 6. The van der Waals surface area contributed by atoms with Crippen LogP contribution in [0.2, 0.25) is 0 Å². The molecule has 0 aromatic heterocycles. The molecular weight excluding hydrogens is 1350 g/mol. The summed E-state index contributed by atoms with van der Waals surface area (Å²) in [5, 5.41) is 0. The molecule has 0 saturated heterocycles. The zero-order valence-corrected chi connectivity index (χ0v) is 49.6. The van der Waals surface area contributed by atoms with E-state index < -0.39 is 93.9 Å². The van der Waals surface area contributed by atoms with Gasteiger partial charge >= 0.3 is 60.1 Å². The van der Waals surface area contributed by atoms with Crippen LogP contribution < -0.4 is 37.9 Å². The summed E-state index contributed by atoms with van der Waals surface area (Å²) < 4.78 is 144. The lowest BCUT2D eigenvalue weighted by Gasteiger charge is -2.17. The maximum Gasteiger partial charge on any atom is 0.420 e. The van der Waals surface area contributed by atoms with Gasteiger partial charge in [0.15, 0.2) is 0 Å². The van der Waals surface area contributed by atoms with Crippen LogP contribution in [-0.4, -0.2) is 74.9 Å². The smallest absolute Gasteiger partial charge is 0.420 e. The van der Waals surface area contributed by atoms with Gasteiger partial charge in [-0.1, -0.05) is 134 Å². The molecule has 0 spiro atoms. The van der Waals surface area contributed by atoms with E-state index in [4.69, 9.17) is 56.8 Å². The fourth-order valence-electron chi connectivity index (χ4n) is 7.22. The first-order valence-corrected chi connectivity index (χ1v) is 26.9. The van der Waals surface area contributed by atoms with Crippen LogP contribution >= 0.6 is 0 Å². The number of esters is 8. The van der Waals surface area contributed by atoms with Crippen LogP contribution in [0.1, 0.15) is 104 Å². The maximum absolute atomic E-state index is 14.0. The molecule has 0 N–H and O–H groups in total. The number of alkyl halides is 6. The third-order valence-corrected chi connectivity index (χ3v) is 11.7. The highest BCUT2D eigenvalue weighted by Gasteiger charge is 2.39. The van der Waals surface area contributed by atoms with Crippen LogP contribution in [0.3, 0.4) is 0 Å². The number of hydrogen-bond donors (Lipinski definition) is 0. The van der Waals surface area contributed by atoms with Crippen molar-refractivity contribution in [2.75, 3.05) is 27.2 Å². The normalized spacial score (nSPS) is 10.2. The second-order valence-corrected chi connectivity index (χ2v) is 18.1. The fraction of sp³-hybridized carbons (Fsp3) is 0.211. The average Bonchev–Trinajstić information content (AvgIpc) is 0.796. The number of carbonyl (C=O) groups is 8. The highest BCUT2D eigenvalue weighted by Crippen LogP contribution is 2.44. The molecule has 0 unspecified atom stereocenters. The van der Waals surface area contributed by atoms with Crippen molar-refractivity contribution in [1.82, 2.24) is 0 Å². The first kappa shape index (κ1) is 96.2. The van der Waals surface area contributed by atoms with E-state index in [1.165, 1.54) is 48.6 Å². The van der Waals surface area contributed by atoms with E-state index in [1.807, 2.05) is 0 Å². The molecule has 0 aliphatic rings. The number of ether oxygens (including phenoxy) is 12. The Bertz CT molecular complexity index is 3600. The van der Waals surface area contributed by atoms with Gasteiger partial charge in [-0.25, -0.2) is 38.4 Å². The molecule has 6 rings (SSSR count). The number of rotatable bonds is 28.